The van der Waals surface area contributed by atoms with Crippen molar-refractivity contribution >= 4 is 9.84 Å². The molecule has 2 unspecified atom stereocenters. The number of hydrogen-bond donors (Lipinski definition) is 2. The number of hydrogen-bond acceptors (Lipinski definition) is 4. The molecule has 0 aliphatic carbocycles. The highest BCUT2D eigenvalue weighted by Crippen LogP contribution is 2.11. The van der Waals surface area contributed by atoms with Gasteiger partial charge in [0.1, 0.15) is 9.84 Å². The van der Waals surface area contributed by atoms with Gasteiger partial charge in [-0.15, -0.1) is 0 Å². The zero-order chi connectivity index (χ0) is 10.5. The number of nitrogens with two attached hydrogens (primary N) is 1. The second-order valence-corrected chi connectivity index (χ2v) is 5.82. The molecule has 0 aromatic rings. The summed E-state index contributed by atoms with van der Waals surface area (Å²) in [7, 11) is -2.94. The minimum Gasteiger partial charge on any atom is -0.271 e. The number of sulfone groups is 1. The quantitative estimate of drug-likeness (QED) is 0.486. The van der Waals surface area contributed by atoms with Crippen LogP contribution in [0.2, 0.25) is 0 Å². The maximum Gasteiger partial charge on any atom is 0.149 e. The summed E-state index contributed by atoms with van der Waals surface area (Å²) >= 11 is 0. The van der Waals surface area contributed by atoms with Crippen LogP contribution in [-0.2, 0) is 9.84 Å². The molecule has 0 radical (unpaired) electrons. The highest BCUT2D eigenvalue weighted by molar-refractivity contribution is 7.90. The summed E-state index contributed by atoms with van der Waals surface area (Å²) in [5, 5.41) is 0. The Kier molecular flexibility index (Phi) is 5.51. The molecule has 13 heavy (non-hydrogen) atoms. The number of nitrogens with one attached hydrogen (secondary N) is 1. The van der Waals surface area contributed by atoms with E-state index in [2.05, 4.69) is 12.3 Å². The van der Waals surface area contributed by atoms with Gasteiger partial charge in [0.25, 0.3) is 0 Å². The van der Waals surface area contributed by atoms with Crippen molar-refractivity contribution in [2.45, 2.75) is 32.7 Å². The van der Waals surface area contributed by atoms with Gasteiger partial charge in [0.15, 0.2) is 0 Å². The molecule has 3 N–H and O–H groups in total. The SMILES string of the molecule is CCCC(C)C(CS(C)(=O)=O)NN. The van der Waals surface area contributed by atoms with Gasteiger partial charge < -0.3 is 0 Å². The molecule has 0 rings (SSSR count). The summed E-state index contributed by atoms with van der Waals surface area (Å²) in [4.78, 5) is 0. The fourth-order valence-corrected chi connectivity index (χ4v) is 2.44. The third-order valence-corrected chi connectivity index (χ3v) is 3.09. The standard InChI is InChI=1S/C8H20N2O2S/c1-4-5-7(2)8(10-9)6-13(3,11)12/h7-8,10H,4-6,9H2,1-3H3. The molecule has 0 spiro atoms. The Labute approximate surface area is 80.8 Å². The van der Waals surface area contributed by atoms with Crippen LogP contribution in [0, 0.1) is 5.92 Å². The Morgan fingerprint density at radius 3 is 2.31 bits per heavy atom. The second-order valence-electron chi connectivity index (χ2n) is 3.63. The van der Waals surface area contributed by atoms with Gasteiger partial charge in [-0.3, -0.25) is 11.3 Å². The minimum absolute atomic E-state index is 0.116. The van der Waals surface area contributed by atoms with E-state index in [1.807, 2.05) is 6.92 Å². The summed E-state index contributed by atoms with van der Waals surface area (Å²) in [6.07, 6.45) is 3.27. The van der Waals surface area contributed by atoms with Gasteiger partial charge in [-0.1, -0.05) is 20.3 Å². The molecule has 5 heteroatoms. The van der Waals surface area contributed by atoms with E-state index in [0.29, 0.717) is 5.92 Å². The highest BCUT2D eigenvalue weighted by Gasteiger charge is 2.19. The average Bonchev–Trinajstić information content (AvgIpc) is 1.99. The van der Waals surface area contributed by atoms with E-state index in [1.54, 1.807) is 0 Å². The van der Waals surface area contributed by atoms with Crippen LogP contribution >= 0.6 is 0 Å². The number of hydrazine groups is 1. The third kappa shape index (κ3) is 6.01. The first-order valence-corrected chi connectivity index (χ1v) is 6.60. The molecule has 4 nitrogen and oxygen atoms in total. The van der Waals surface area contributed by atoms with Crippen molar-refractivity contribution in [2.24, 2.45) is 11.8 Å². The predicted molar refractivity (Wildman–Crippen MR) is 54.9 cm³/mol. The van der Waals surface area contributed by atoms with Crippen LogP contribution in [0.15, 0.2) is 0 Å². The van der Waals surface area contributed by atoms with Crippen LogP contribution in [-0.4, -0.2) is 26.5 Å². The van der Waals surface area contributed by atoms with Gasteiger partial charge in [-0.25, -0.2) is 8.42 Å². The first-order chi connectivity index (χ1) is 5.90. The Bertz CT molecular complexity index is 226. The van der Waals surface area contributed by atoms with Gasteiger partial charge in [-0.2, -0.15) is 0 Å². The van der Waals surface area contributed by atoms with E-state index in [9.17, 15) is 8.42 Å². The second kappa shape index (κ2) is 5.57. The van der Waals surface area contributed by atoms with Gasteiger partial charge in [0, 0.05) is 12.3 Å². The van der Waals surface area contributed by atoms with E-state index < -0.39 is 9.84 Å². The zero-order valence-electron chi connectivity index (χ0n) is 8.58. The minimum atomic E-state index is -2.94. The molecule has 0 aromatic heterocycles. The normalized spacial score (nSPS) is 16.9. The molecule has 0 bridgehead atoms. The first kappa shape index (κ1) is 12.9. The summed E-state index contributed by atoms with van der Waals surface area (Å²) < 4.78 is 22.0. The lowest BCUT2D eigenvalue weighted by Crippen LogP contribution is -2.44. The summed E-state index contributed by atoms with van der Waals surface area (Å²) in [5.74, 6) is 5.71. The van der Waals surface area contributed by atoms with Crippen molar-refractivity contribution in [1.82, 2.24) is 5.43 Å². The summed E-state index contributed by atoms with van der Waals surface area (Å²) in [6.45, 7) is 4.09. The Morgan fingerprint density at radius 1 is 1.46 bits per heavy atom. The predicted octanol–water partition coefficient (Wildman–Crippen LogP) is 0.299. The van der Waals surface area contributed by atoms with Crippen LogP contribution < -0.4 is 11.3 Å². The molecule has 80 valence electrons. The Morgan fingerprint density at radius 2 is 2.00 bits per heavy atom. The van der Waals surface area contributed by atoms with Crippen molar-refractivity contribution in [3.05, 3.63) is 0 Å². The highest BCUT2D eigenvalue weighted by atomic mass is 32.2. The molecular weight excluding hydrogens is 188 g/mol. The maximum absolute atomic E-state index is 11.0. The van der Waals surface area contributed by atoms with Crippen LogP contribution in [0.3, 0.4) is 0 Å². The zero-order valence-corrected chi connectivity index (χ0v) is 9.39. The molecule has 0 heterocycles. The van der Waals surface area contributed by atoms with Crippen molar-refractivity contribution in [3.63, 3.8) is 0 Å². The molecule has 0 fully saturated rings. The van der Waals surface area contributed by atoms with E-state index in [1.165, 1.54) is 6.26 Å². The Balaban J connectivity index is 4.18. The van der Waals surface area contributed by atoms with Crippen LogP contribution in [0.1, 0.15) is 26.7 Å². The van der Waals surface area contributed by atoms with E-state index in [4.69, 9.17) is 5.84 Å². The number of rotatable bonds is 6. The smallest absolute Gasteiger partial charge is 0.149 e. The largest absolute Gasteiger partial charge is 0.271 e. The maximum atomic E-state index is 11.0. The molecule has 0 aliphatic rings. The van der Waals surface area contributed by atoms with Crippen LogP contribution in [0.5, 0.6) is 0 Å². The summed E-state index contributed by atoms with van der Waals surface area (Å²) in [5.41, 5.74) is 2.56. The van der Waals surface area contributed by atoms with Crippen molar-refractivity contribution < 1.29 is 8.42 Å². The Hall–Kier alpha value is -0.130. The van der Waals surface area contributed by atoms with Gasteiger partial charge >= 0.3 is 0 Å². The van der Waals surface area contributed by atoms with Gasteiger partial charge in [0.05, 0.1) is 5.75 Å². The van der Waals surface area contributed by atoms with Crippen LogP contribution in [0.25, 0.3) is 0 Å². The molecule has 0 aromatic carbocycles. The van der Waals surface area contributed by atoms with E-state index in [0.717, 1.165) is 12.8 Å². The first-order valence-electron chi connectivity index (χ1n) is 4.54. The topological polar surface area (TPSA) is 72.2 Å². The fourth-order valence-electron chi connectivity index (χ4n) is 1.36. The lowest BCUT2D eigenvalue weighted by atomic mass is 9.99. The molecule has 0 saturated heterocycles. The van der Waals surface area contributed by atoms with Crippen LogP contribution in [0.4, 0.5) is 0 Å². The van der Waals surface area contributed by atoms with Crippen molar-refractivity contribution in [2.75, 3.05) is 12.0 Å². The fraction of sp³-hybridized carbons (Fsp3) is 1.00. The van der Waals surface area contributed by atoms with Gasteiger partial charge in [0.2, 0.25) is 0 Å². The van der Waals surface area contributed by atoms with E-state index >= 15 is 0 Å². The molecular formula is C8H20N2O2S. The third-order valence-electron chi connectivity index (χ3n) is 2.13. The van der Waals surface area contributed by atoms with E-state index in [-0.39, 0.29) is 11.8 Å². The lowest BCUT2D eigenvalue weighted by Gasteiger charge is -2.21. The van der Waals surface area contributed by atoms with Crippen molar-refractivity contribution in [1.29, 1.82) is 0 Å². The monoisotopic (exact) mass is 208 g/mol. The molecule has 0 amide bonds. The molecule has 2 atom stereocenters. The molecule has 0 saturated carbocycles. The summed E-state index contributed by atoms with van der Waals surface area (Å²) in [6, 6.07) is -0.130. The van der Waals surface area contributed by atoms with Crippen molar-refractivity contribution in [3.8, 4) is 0 Å². The average molecular weight is 208 g/mol. The lowest BCUT2D eigenvalue weighted by molar-refractivity contribution is 0.382. The molecule has 0 aliphatic heterocycles. The van der Waals surface area contributed by atoms with Gasteiger partial charge in [-0.05, 0) is 12.3 Å².